The highest BCUT2D eigenvalue weighted by Crippen LogP contribution is 2.35. The number of nitrogens with two attached hydrogens (primary N) is 1. The number of benzene rings is 1. The van der Waals surface area contributed by atoms with Crippen molar-refractivity contribution in [3.8, 4) is 5.75 Å². The summed E-state index contributed by atoms with van der Waals surface area (Å²) in [4.78, 5) is 2.58. The van der Waals surface area contributed by atoms with E-state index in [0.29, 0.717) is 24.5 Å². The highest BCUT2D eigenvalue weighted by Gasteiger charge is 2.32. The fraction of sp³-hybridized carbons (Fsp3) is 0.625. The van der Waals surface area contributed by atoms with Gasteiger partial charge in [-0.05, 0) is 58.9 Å². The van der Waals surface area contributed by atoms with Crippen LogP contribution in [0, 0.1) is 5.92 Å². The molecule has 0 saturated carbocycles. The molecule has 1 aliphatic heterocycles. The second-order valence-electron chi connectivity index (χ2n) is 5.84. The van der Waals surface area contributed by atoms with Crippen LogP contribution in [-0.2, 0) is 0 Å². The minimum atomic E-state index is 0.298. The predicted molar refractivity (Wildman–Crippen MR) is 87.1 cm³/mol. The molecule has 2 unspecified atom stereocenters. The molecule has 0 spiro atoms. The van der Waals surface area contributed by atoms with Crippen LogP contribution in [0.4, 0.5) is 0 Å². The van der Waals surface area contributed by atoms with Gasteiger partial charge in [0.1, 0.15) is 5.75 Å². The first kappa shape index (κ1) is 15.8. The molecule has 0 aromatic heterocycles. The third-order valence-corrected chi connectivity index (χ3v) is 4.92. The van der Waals surface area contributed by atoms with Crippen LogP contribution in [0.5, 0.6) is 5.75 Å². The Hall–Kier alpha value is -0.580. The van der Waals surface area contributed by atoms with Gasteiger partial charge in [0, 0.05) is 18.6 Å². The second kappa shape index (κ2) is 6.92. The lowest BCUT2D eigenvalue weighted by Gasteiger charge is -2.35. The summed E-state index contributed by atoms with van der Waals surface area (Å²) in [6, 6.07) is 7.24. The van der Waals surface area contributed by atoms with E-state index in [0.717, 1.165) is 16.8 Å². The second-order valence-corrected chi connectivity index (χ2v) is 6.69. The summed E-state index contributed by atoms with van der Waals surface area (Å²) in [6.07, 6.45) is 2.56. The summed E-state index contributed by atoms with van der Waals surface area (Å²) in [5, 5.41) is 0. The maximum atomic E-state index is 6.08. The van der Waals surface area contributed by atoms with Crippen molar-refractivity contribution < 1.29 is 4.74 Å². The maximum Gasteiger partial charge on any atom is 0.133 e. The van der Waals surface area contributed by atoms with Crippen LogP contribution in [0.2, 0.25) is 0 Å². The van der Waals surface area contributed by atoms with Gasteiger partial charge in [0.15, 0.2) is 0 Å². The minimum Gasteiger partial charge on any atom is -0.496 e. The van der Waals surface area contributed by atoms with Crippen LogP contribution in [0.1, 0.15) is 38.3 Å². The maximum absolute atomic E-state index is 6.08. The summed E-state index contributed by atoms with van der Waals surface area (Å²) in [5.74, 6) is 1.54. The number of rotatable bonds is 5. The number of halogens is 1. The van der Waals surface area contributed by atoms with Gasteiger partial charge in [-0.1, -0.05) is 19.9 Å². The van der Waals surface area contributed by atoms with Crippen LogP contribution in [0.15, 0.2) is 22.7 Å². The Morgan fingerprint density at radius 1 is 1.45 bits per heavy atom. The third-order valence-electron chi connectivity index (χ3n) is 4.30. The van der Waals surface area contributed by atoms with E-state index in [1.165, 1.54) is 18.4 Å². The third kappa shape index (κ3) is 3.18. The van der Waals surface area contributed by atoms with Gasteiger partial charge in [0.05, 0.1) is 11.6 Å². The Morgan fingerprint density at radius 3 is 2.75 bits per heavy atom. The predicted octanol–water partition coefficient (Wildman–Crippen LogP) is 3.58. The van der Waals surface area contributed by atoms with Crippen molar-refractivity contribution in [2.24, 2.45) is 11.7 Å². The molecule has 1 aromatic rings. The normalized spacial score (nSPS) is 21.4. The van der Waals surface area contributed by atoms with Crippen LogP contribution in [-0.4, -0.2) is 31.1 Å². The van der Waals surface area contributed by atoms with Gasteiger partial charge >= 0.3 is 0 Å². The monoisotopic (exact) mass is 340 g/mol. The zero-order valence-corrected chi connectivity index (χ0v) is 14.2. The van der Waals surface area contributed by atoms with Crippen molar-refractivity contribution in [2.45, 2.75) is 38.8 Å². The number of ether oxygens (including phenoxy) is 1. The van der Waals surface area contributed by atoms with E-state index < -0.39 is 0 Å². The molecule has 0 amide bonds. The molecule has 2 N–H and O–H groups in total. The van der Waals surface area contributed by atoms with Crippen molar-refractivity contribution >= 4 is 15.9 Å². The quantitative estimate of drug-likeness (QED) is 0.890. The summed E-state index contributed by atoms with van der Waals surface area (Å²) >= 11 is 3.57. The van der Waals surface area contributed by atoms with Crippen LogP contribution in [0.3, 0.4) is 0 Å². The van der Waals surface area contributed by atoms with Crippen molar-refractivity contribution in [2.75, 3.05) is 20.2 Å². The molecule has 0 aliphatic carbocycles. The SMILES string of the molecule is COc1ccc(C(CN)N2CCCC2C(C)C)cc1Br. The minimum absolute atomic E-state index is 0.298. The zero-order valence-electron chi connectivity index (χ0n) is 12.6. The van der Waals surface area contributed by atoms with Crippen LogP contribution >= 0.6 is 15.9 Å². The van der Waals surface area contributed by atoms with Crippen LogP contribution in [0.25, 0.3) is 0 Å². The van der Waals surface area contributed by atoms with Gasteiger partial charge in [0.2, 0.25) is 0 Å². The molecule has 1 saturated heterocycles. The first-order chi connectivity index (χ1) is 9.58. The molecule has 1 aliphatic rings. The van der Waals surface area contributed by atoms with E-state index in [-0.39, 0.29) is 0 Å². The smallest absolute Gasteiger partial charge is 0.133 e. The number of methoxy groups -OCH3 is 1. The molecule has 2 atom stereocenters. The highest BCUT2D eigenvalue weighted by molar-refractivity contribution is 9.10. The summed E-state index contributed by atoms with van der Waals surface area (Å²) in [5.41, 5.74) is 7.35. The molecule has 0 bridgehead atoms. The Kier molecular flexibility index (Phi) is 5.47. The molecule has 4 heteroatoms. The lowest BCUT2D eigenvalue weighted by molar-refractivity contribution is 0.149. The van der Waals surface area contributed by atoms with E-state index >= 15 is 0 Å². The van der Waals surface area contributed by atoms with E-state index in [9.17, 15) is 0 Å². The Balaban J connectivity index is 2.25. The van der Waals surface area contributed by atoms with Gasteiger partial charge in [0.25, 0.3) is 0 Å². The topological polar surface area (TPSA) is 38.5 Å². The van der Waals surface area contributed by atoms with E-state index in [4.69, 9.17) is 10.5 Å². The van der Waals surface area contributed by atoms with Gasteiger partial charge in [-0.2, -0.15) is 0 Å². The highest BCUT2D eigenvalue weighted by atomic mass is 79.9. The van der Waals surface area contributed by atoms with E-state index in [1.807, 2.05) is 6.07 Å². The van der Waals surface area contributed by atoms with Crippen molar-refractivity contribution in [3.63, 3.8) is 0 Å². The van der Waals surface area contributed by atoms with E-state index in [1.54, 1.807) is 7.11 Å². The largest absolute Gasteiger partial charge is 0.496 e. The molecule has 0 radical (unpaired) electrons. The van der Waals surface area contributed by atoms with Gasteiger partial charge in [-0.25, -0.2) is 0 Å². The van der Waals surface area contributed by atoms with Crippen LogP contribution < -0.4 is 10.5 Å². The standard InChI is InChI=1S/C16H25BrN2O/c1-11(2)14-5-4-8-19(14)15(10-18)12-6-7-16(20-3)13(17)9-12/h6-7,9,11,14-15H,4-5,8,10,18H2,1-3H3. The first-order valence-corrected chi connectivity index (χ1v) is 8.17. The molecular formula is C16H25BrN2O. The Bertz CT molecular complexity index is 450. The summed E-state index contributed by atoms with van der Waals surface area (Å²) in [7, 11) is 1.69. The fourth-order valence-electron chi connectivity index (χ4n) is 3.27. The van der Waals surface area contributed by atoms with Gasteiger partial charge in [-0.15, -0.1) is 0 Å². The molecule has 1 aromatic carbocycles. The Labute approximate surface area is 130 Å². The van der Waals surface area contributed by atoms with Crippen molar-refractivity contribution in [1.82, 2.24) is 4.90 Å². The molecule has 3 nitrogen and oxygen atoms in total. The molecule has 20 heavy (non-hydrogen) atoms. The lowest BCUT2D eigenvalue weighted by Crippen LogP contribution is -2.39. The number of hydrogen-bond acceptors (Lipinski definition) is 3. The van der Waals surface area contributed by atoms with Gasteiger partial charge < -0.3 is 10.5 Å². The Morgan fingerprint density at radius 2 is 2.20 bits per heavy atom. The average Bonchev–Trinajstić information content (AvgIpc) is 2.89. The summed E-state index contributed by atoms with van der Waals surface area (Å²) in [6.45, 7) is 6.41. The van der Waals surface area contributed by atoms with Crippen molar-refractivity contribution in [3.05, 3.63) is 28.2 Å². The summed E-state index contributed by atoms with van der Waals surface area (Å²) < 4.78 is 6.30. The van der Waals surface area contributed by atoms with Crippen molar-refractivity contribution in [1.29, 1.82) is 0 Å². The van der Waals surface area contributed by atoms with Gasteiger partial charge in [-0.3, -0.25) is 4.90 Å². The molecular weight excluding hydrogens is 316 g/mol. The lowest BCUT2D eigenvalue weighted by atomic mass is 9.98. The first-order valence-electron chi connectivity index (χ1n) is 7.37. The fourth-order valence-corrected chi connectivity index (χ4v) is 3.83. The molecule has 2 rings (SSSR count). The zero-order chi connectivity index (χ0) is 14.7. The molecule has 1 heterocycles. The molecule has 112 valence electrons. The number of nitrogens with zero attached hydrogens (tertiary/aromatic N) is 1. The molecule has 1 fully saturated rings. The average molecular weight is 341 g/mol. The number of hydrogen-bond donors (Lipinski definition) is 1. The van der Waals surface area contributed by atoms with E-state index in [2.05, 4.69) is 46.8 Å². The number of likely N-dealkylation sites (tertiary alicyclic amines) is 1.